The third-order valence-corrected chi connectivity index (χ3v) is 4.47. The monoisotopic (exact) mass is 368 g/mol. The van der Waals surface area contributed by atoms with Crippen molar-refractivity contribution in [3.63, 3.8) is 0 Å². The highest BCUT2D eigenvalue weighted by Crippen LogP contribution is 2.16. The summed E-state index contributed by atoms with van der Waals surface area (Å²) in [6.07, 6.45) is 0. The molecule has 0 aromatic heterocycles. The van der Waals surface area contributed by atoms with Crippen LogP contribution in [0.3, 0.4) is 0 Å². The molecule has 0 heterocycles. The molecule has 2 rings (SSSR count). The van der Waals surface area contributed by atoms with Crippen LogP contribution in [0.5, 0.6) is 5.75 Å². The zero-order valence-corrected chi connectivity index (χ0v) is 16.5. The van der Waals surface area contributed by atoms with E-state index in [2.05, 4.69) is 5.32 Å². The number of rotatable bonds is 8. The summed E-state index contributed by atoms with van der Waals surface area (Å²) >= 11 is 0. The summed E-state index contributed by atoms with van der Waals surface area (Å²) < 4.78 is 5.66. The maximum Gasteiger partial charge on any atom is 0.261 e. The second kappa shape index (κ2) is 9.76. The molecule has 2 aromatic rings. The smallest absolute Gasteiger partial charge is 0.261 e. The van der Waals surface area contributed by atoms with Crippen LogP contribution < -0.4 is 10.1 Å². The Kier molecular flexibility index (Phi) is 7.41. The fourth-order valence-electron chi connectivity index (χ4n) is 2.81. The molecule has 27 heavy (non-hydrogen) atoms. The summed E-state index contributed by atoms with van der Waals surface area (Å²) in [5.74, 6) is 0.248. The van der Waals surface area contributed by atoms with Crippen molar-refractivity contribution in [1.82, 2.24) is 10.2 Å². The van der Waals surface area contributed by atoms with E-state index in [0.717, 1.165) is 16.7 Å². The van der Waals surface area contributed by atoms with Gasteiger partial charge in [0.1, 0.15) is 11.8 Å². The molecule has 0 saturated heterocycles. The van der Waals surface area contributed by atoms with Crippen molar-refractivity contribution in [1.29, 1.82) is 0 Å². The number of aryl methyl sites for hydroxylation is 2. The molecule has 0 aliphatic rings. The number of amides is 2. The summed E-state index contributed by atoms with van der Waals surface area (Å²) in [6, 6.07) is 14.8. The minimum Gasteiger partial charge on any atom is -0.484 e. The first-order chi connectivity index (χ1) is 12.9. The molecule has 0 fully saturated rings. The van der Waals surface area contributed by atoms with E-state index in [1.807, 2.05) is 69.3 Å². The van der Waals surface area contributed by atoms with Gasteiger partial charge in [0.05, 0.1) is 0 Å². The normalized spacial score (nSPS) is 11.6. The summed E-state index contributed by atoms with van der Waals surface area (Å²) in [7, 11) is 0. The quantitative estimate of drug-likeness (QED) is 0.778. The Morgan fingerprint density at radius 2 is 1.85 bits per heavy atom. The fourth-order valence-corrected chi connectivity index (χ4v) is 2.81. The van der Waals surface area contributed by atoms with Gasteiger partial charge in [0.2, 0.25) is 5.91 Å². The molecule has 0 radical (unpaired) electrons. The van der Waals surface area contributed by atoms with Gasteiger partial charge < -0.3 is 15.0 Å². The van der Waals surface area contributed by atoms with Gasteiger partial charge >= 0.3 is 0 Å². The molecule has 1 unspecified atom stereocenters. The van der Waals surface area contributed by atoms with E-state index in [9.17, 15) is 9.59 Å². The lowest BCUT2D eigenvalue weighted by atomic mass is 10.1. The summed E-state index contributed by atoms with van der Waals surface area (Å²) in [5.41, 5.74) is 3.16. The number of nitrogens with one attached hydrogen (secondary N) is 1. The number of likely N-dealkylation sites (N-methyl/N-ethyl adjacent to an activating group) is 1. The minimum atomic E-state index is -0.585. The highest BCUT2D eigenvalue weighted by Gasteiger charge is 2.26. The third-order valence-electron chi connectivity index (χ3n) is 4.47. The molecule has 5 nitrogen and oxygen atoms in total. The first kappa shape index (κ1) is 20.5. The molecule has 2 amide bonds. The second-order valence-corrected chi connectivity index (χ2v) is 6.62. The van der Waals surface area contributed by atoms with Crippen LogP contribution in [0.2, 0.25) is 0 Å². The lowest BCUT2D eigenvalue weighted by Crippen LogP contribution is -2.49. The van der Waals surface area contributed by atoms with Crippen molar-refractivity contribution in [3.8, 4) is 5.75 Å². The number of hydrogen-bond donors (Lipinski definition) is 1. The Morgan fingerprint density at radius 3 is 2.52 bits per heavy atom. The molecule has 0 aliphatic heterocycles. The molecule has 144 valence electrons. The van der Waals surface area contributed by atoms with Crippen LogP contribution in [0.1, 0.15) is 30.5 Å². The van der Waals surface area contributed by atoms with Crippen LogP contribution in [0.25, 0.3) is 0 Å². The number of nitrogens with zero attached hydrogens (tertiary/aromatic N) is 1. The predicted octanol–water partition coefficient (Wildman–Crippen LogP) is 3.24. The zero-order valence-electron chi connectivity index (χ0n) is 16.5. The van der Waals surface area contributed by atoms with Crippen molar-refractivity contribution < 1.29 is 14.3 Å². The van der Waals surface area contributed by atoms with E-state index in [-0.39, 0.29) is 18.4 Å². The molecule has 0 spiro atoms. The molecule has 2 aromatic carbocycles. The Morgan fingerprint density at radius 1 is 1.11 bits per heavy atom. The minimum absolute atomic E-state index is 0.112. The van der Waals surface area contributed by atoms with Gasteiger partial charge in [-0.3, -0.25) is 9.59 Å². The van der Waals surface area contributed by atoms with Crippen molar-refractivity contribution in [3.05, 3.63) is 65.2 Å². The highest BCUT2D eigenvalue weighted by molar-refractivity contribution is 5.87. The van der Waals surface area contributed by atoms with Crippen LogP contribution in [0.4, 0.5) is 0 Å². The lowest BCUT2D eigenvalue weighted by molar-refractivity contribution is -0.142. The van der Waals surface area contributed by atoms with Crippen LogP contribution in [-0.4, -0.2) is 35.9 Å². The van der Waals surface area contributed by atoms with Crippen LogP contribution in [-0.2, 0) is 16.1 Å². The Balaban J connectivity index is 2.15. The maximum absolute atomic E-state index is 12.9. The number of carbonyl (C=O) groups is 2. The van der Waals surface area contributed by atoms with Gasteiger partial charge in [0.15, 0.2) is 6.61 Å². The highest BCUT2D eigenvalue weighted by atomic mass is 16.5. The second-order valence-electron chi connectivity index (χ2n) is 6.62. The van der Waals surface area contributed by atoms with Gasteiger partial charge in [-0.1, -0.05) is 36.4 Å². The molecular weight excluding hydrogens is 340 g/mol. The maximum atomic E-state index is 12.9. The van der Waals surface area contributed by atoms with E-state index in [4.69, 9.17) is 4.74 Å². The average molecular weight is 368 g/mol. The Hall–Kier alpha value is -2.82. The molecule has 0 aliphatic carbocycles. The van der Waals surface area contributed by atoms with E-state index in [1.165, 1.54) is 0 Å². The fraction of sp³-hybridized carbons (Fsp3) is 0.364. The summed E-state index contributed by atoms with van der Waals surface area (Å²) in [6.45, 7) is 8.34. The molecule has 5 heteroatoms. The molecular formula is C22H28N2O3. The zero-order chi connectivity index (χ0) is 19.8. The summed E-state index contributed by atoms with van der Waals surface area (Å²) in [4.78, 5) is 26.8. The van der Waals surface area contributed by atoms with Crippen molar-refractivity contribution >= 4 is 11.8 Å². The van der Waals surface area contributed by atoms with E-state index >= 15 is 0 Å². The third kappa shape index (κ3) is 5.84. The van der Waals surface area contributed by atoms with Crippen LogP contribution >= 0.6 is 0 Å². The molecule has 1 atom stereocenters. The Labute approximate surface area is 161 Å². The predicted molar refractivity (Wildman–Crippen MR) is 107 cm³/mol. The lowest BCUT2D eigenvalue weighted by Gasteiger charge is -2.29. The van der Waals surface area contributed by atoms with Crippen molar-refractivity contribution in [2.75, 3.05) is 13.2 Å². The van der Waals surface area contributed by atoms with Gasteiger partial charge in [-0.2, -0.15) is 0 Å². The van der Waals surface area contributed by atoms with Crippen LogP contribution in [0, 0.1) is 13.8 Å². The van der Waals surface area contributed by atoms with E-state index in [1.54, 1.807) is 11.8 Å². The van der Waals surface area contributed by atoms with E-state index < -0.39 is 6.04 Å². The molecule has 0 bridgehead atoms. The average Bonchev–Trinajstić information content (AvgIpc) is 2.65. The molecule has 1 N–H and O–H groups in total. The first-order valence-electron chi connectivity index (χ1n) is 9.23. The largest absolute Gasteiger partial charge is 0.484 e. The van der Waals surface area contributed by atoms with Crippen molar-refractivity contribution in [2.24, 2.45) is 0 Å². The van der Waals surface area contributed by atoms with Gasteiger partial charge in [-0.25, -0.2) is 0 Å². The van der Waals surface area contributed by atoms with Gasteiger partial charge in [0, 0.05) is 13.1 Å². The summed E-state index contributed by atoms with van der Waals surface area (Å²) in [5, 5.41) is 2.79. The number of ether oxygens (including phenoxy) is 1. The topological polar surface area (TPSA) is 58.6 Å². The van der Waals surface area contributed by atoms with Gasteiger partial charge in [-0.15, -0.1) is 0 Å². The molecule has 0 saturated carbocycles. The van der Waals surface area contributed by atoms with Gasteiger partial charge in [0.25, 0.3) is 5.91 Å². The first-order valence-corrected chi connectivity index (χ1v) is 9.23. The van der Waals surface area contributed by atoms with Gasteiger partial charge in [-0.05, 0) is 56.5 Å². The Bertz CT molecular complexity index is 789. The van der Waals surface area contributed by atoms with E-state index in [0.29, 0.717) is 18.8 Å². The standard InChI is InChI=1S/C22H28N2O3/c1-5-23-22(26)18(4)24(14-19-11-7-6-10-17(19)3)21(25)15-27-20-12-8-9-16(2)13-20/h6-13,18H,5,14-15H2,1-4H3,(H,23,26). The number of hydrogen-bond acceptors (Lipinski definition) is 3. The number of benzene rings is 2. The van der Waals surface area contributed by atoms with Crippen molar-refractivity contribution in [2.45, 2.75) is 40.3 Å². The number of carbonyl (C=O) groups excluding carboxylic acids is 2. The SMILES string of the molecule is CCNC(=O)C(C)N(Cc1ccccc1C)C(=O)COc1cccc(C)c1. The van der Waals surface area contributed by atoms with Crippen LogP contribution in [0.15, 0.2) is 48.5 Å².